The highest BCUT2D eigenvalue weighted by Gasteiger charge is 2.06. The number of ether oxygens (including phenoxy) is 2. The van der Waals surface area contributed by atoms with Crippen LogP contribution in [0, 0.1) is 0 Å². The second-order valence-corrected chi connectivity index (χ2v) is 3.47. The molecule has 0 aliphatic rings. The first kappa shape index (κ1) is 13.4. The van der Waals surface area contributed by atoms with Crippen LogP contribution in [0.2, 0.25) is 0 Å². The van der Waals surface area contributed by atoms with E-state index in [2.05, 4.69) is 13.8 Å². The molecule has 0 bridgehead atoms. The van der Waals surface area contributed by atoms with Crippen LogP contribution in [0.5, 0.6) is 0 Å². The van der Waals surface area contributed by atoms with Crippen LogP contribution in [0.1, 0.15) is 46.5 Å². The van der Waals surface area contributed by atoms with E-state index in [0.717, 1.165) is 25.9 Å². The molecule has 0 aromatic carbocycles. The zero-order chi connectivity index (χ0) is 10.8. The molecule has 0 heterocycles. The Morgan fingerprint density at radius 1 is 1.29 bits per heavy atom. The number of hydrogen-bond donors (Lipinski definition) is 0. The molecule has 3 nitrogen and oxygen atoms in total. The fraction of sp³-hybridized carbons (Fsp3) is 0.909. The second-order valence-electron chi connectivity index (χ2n) is 3.47. The first-order valence-electron chi connectivity index (χ1n) is 5.47. The number of rotatable bonds is 8. The number of esters is 1. The first-order valence-corrected chi connectivity index (χ1v) is 5.47. The Kier molecular flexibility index (Phi) is 8.64. The van der Waals surface area contributed by atoms with E-state index in [0.29, 0.717) is 13.0 Å². The van der Waals surface area contributed by atoms with E-state index < -0.39 is 0 Å². The fourth-order valence-electron chi connectivity index (χ4n) is 0.971. The van der Waals surface area contributed by atoms with E-state index in [-0.39, 0.29) is 12.1 Å². The highest BCUT2D eigenvalue weighted by atomic mass is 16.6. The van der Waals surface area contributed by atoms with Crippen LogP contribution in [-0.4, -0.2) is 25.3 Å². The molecule has 0 fully saturated rings. The molecular weight excluding hydrogens is 180 g/mol. The zero-order valence-corrected chi connectivity index (χ0v) is 9.54. The lowest BCUT2D eigenvalue weighted by molar-refractivity contribution is -0.147. The molecule has 0 amide bonds. The molecule has 0 aromatic heterocycles. The molecule has 0 N–H and O–H groups in total. The van der Waals surface area contributed by atoms with Crippen LogP contribution in [0.25, 0.3) is 0 Å². The highest BCUT2D eigenvalue weighted by Crippen LogP contribution is 1.99. The standard InChI is InChI=1S/C11H22O3/c1-4-6-7-11(12)14-9-10(3)13-8-5-2/h10H,4-9H2,1-3H3. The predicted molar refractivity (Wildman–Crippen MR) is 56.2 cm³/mol. The summed E-state index contributed by atoms with van der Waals surface area (Å²) in [6, 6.07) is 0. The van der Waals surface area contributed by atoms with Gasteiger partial charge in [-0.15, -0.1) is 0 Å². The molecular formula is C11H22O3. The van der Waals surface area contributed by atoms with Gasteiger partial charge >= 0.3 is 5.97 Å². The topological polar surface area (TPSA) is 35.5 Å². The van der Waals surface area contributed by atoms with Crippen molar-refractivity contribution in [2.75, 3.05) is 13.2 Å². The van der Waals surface area contributed by atoms with E-state index in [9.17, 15) is 4.79 Å². The highest BCUT2D eigenvalue weighted by molar-refractivity contribution is 5.69. The summed E-state index contributed by atoms with van der Waals surface area (Å²) in [7, 11) is 0. The maximum absolute atomic E-state index is 11.1. The van der Waals surface area contributed by atoms with Crippen LogP contribution in [-0.2, 0) is 14.3 Å². The molecule has 0 saturated carbocycles. The van der Waals surface area contributed by atoms with Gasteiger partial charge < -0.3 is 9.47 Å². The molecule has 0 aliphatic heterocycles. The Hall–Kier alpha value is -0.570. The Balaban J connectivity index is 3.36. The third kappa shape index (κ3) is 8.05. The van der Waals surface area contributed by atoms with Crippen LogP contribution in [0.15, 0.2) is 0 Å². The van der Waals surface area contributed by atoms with Crippen LogP contribution in [0.3, 0.4) is 0 Å². The van der Waals surface area contributed by atoms with Gasteiger partial charge in [0.25, 0.3) is 0 Å². The summed E-state index contributed by atoms with van der Waals surface area (Å²) < 4.78 is 10.4. The van der Waals surface area contributed by atoms with Gasteiger partial charge in [-0.2, -0.15) is 0 Å². The van der Waals surface area contributed by atoms with E-state index >= 15 is 0 Å². The molecule has 1 unspecified atom stereocenters. The summed E-state index contributed by atoms with van der Waals surface area (Å²) in [5.41, 5.74) is 0. The Morgan fingerprint density at radius 2 is 2.00 bits per heavy atom. The van der Waals surface area contributed by atoms with Gasteiger partial charge in [0.2, 0.25) is 0 Å². The van der Waals surface area contributed by atoms with Gasteiger partial charge in [0, 0.05) is 13.0 Å². The van der Waals surface area contributed by atoms with Crippen molar-refractivity contribution in [2.24, 2.45) is 0 Å². The average Bonchev–Trinajstić information content (AvgIpc) is 2.20. The van der Waals surface area contributed by atoms with Crippen molar-refractivity contribution < 1.29 is 14.3 Å². The van der Waals surface area contributed by atoms with Crippen LogP contribution < -0.4 is 0 Å². The van der Waals surface area contributed by atoms with E-state index in [4.69, 9.17) is 9.47 Å². The first-order chi connectivity index (χ1) is 6.70. The molecule has 1 atom stereocenters. The lowest BCUT2D eigenvalue weighted by Gasteiger charge is -2.12. The number of unbranched alkanes of at least 4 members (excludes halogenated alkanes) is 1. The van der Waals surface area contributed by atoms with Gasteiger partial charge in [0.15, 0.2) is 0 Å². The minimum Gasteiger partial charge on any atom is -0.463 e. The van der Waals surface area contributed by atoms with Gasteiger partial charge in [0.05, 0.1) is 6.10 Å². The minimum atomic E-state index is -0.112. The summed E-state index contributed by atoms with van der Waals surface area (Å²) in [4.78, 5) is 11.1. The van der Waals surface area contributed by atoms with Crippen molar-refractivity contribution in [1.29, 1.82) is 0 Å². The Bertz CT molecular complexity index is 145. The minimum absolute atomic E-state index is 0.0144. The number of carbonyl (C=O) groups is 1. The molecule has 0 saturated heterocycles. The second kappa shape index (κ2) is 9.00. The van der Waals surface area contributed by atoms with Crippen LogP contribution in [0.4, 0.5) is 0 Å². The van der Waals surface area contributed by atoms with Gasteiger partial charge in [-0.05, 0) is 19.8 Å². The van der Waals surface area contributed by atoms with Gasteiger partial charge in [0.1, 0.15) is 6.61 Å². The average molecular weight is 202 g/mol. The predicted octanol–water partition coefficient (Wildman–Crippen LogP) is 2.53. The summed E-state index contributed by atoms with van der Waals surface area (Å²) in [6.45, 7) is 7.14. The lowest BCUT2D eigenvalue weighted by atomic mass is 10.2. The van der Waals surface area contributed by atoms with Crippen molar-refractivity contribution in [3.8, 4) is 0 Å². The molecule has 14 heavy (non-hydrogen) atoms. The lowest BCUT2D eigenvalue weighted by Crippen LogP contribution is -2.19. The summed E-state index contributed by atoms with van der Waals surface area (Å²) in [5, 5.41) is 0. The molecule has 0 aromatic rings. The number of hydrogen-bond acceptors (Lipinski definition) is 3. The monoisotopic (exact) mass is 202 g/mol. The van der Waals surface area contributed by atoms with Crippen molar-refractivity contribution >= 4 is 5.97 Å². The van der Waals surface area contributed by atoms with Crippen molar-refractivity contribution in [1.82, 2.24) is 0 Å². The molecule has 3 heteroatoms. The molecule has 84 valence electrons. The summed E-state index contributed by atoms with van der Waals surface area (Å²) >= 11 is 0. The fourth-order valence-corrected chi connectivity index (χ4v) is 0.971. The van der Waals surface area contributed by atoms with Crippen molar-refractivity contribution in [3.05, 3.63) is 0 Å². The summed E-state index contributed by atoms with van der Waals surface area (Å²) in [6.07, 6.45) is 3.46. The molecule has 0 spiro atoms. The third-order valence-corrected chi connectivity index (χ3v) is 1.82. The summed E-state index contributed by atoms with van der Waals surface area (Å²) in [5.74, 6) is -0.112. The van der Waals surface area contributed by atoms with E-state index in [1.54, 1.807) is 0 Å². The number of carbonyl (C=O) groups excluding carboxylic acids is 1. The Labute approximate surface area is 86.8 Å². The van der Waals surface area contributed by atoms with E-state index in [1.165, 1.54) is 0 Å². The maximum Gasteiger partial charge on any atom is 0.305 e. The van der Waals surface area contributed by atoms with Crippen molar-refractivity contribution in [3.63, 3.8) is 0 Å². The maximum atomic E-state index is 11.1. The smallest absolute Gasteiger partial charge is 0.305 e. The molecule has 0 aliphatic carbocycles. The van der Waals surface area contributed by atoms with Gasteiger partial charge in [-0.3, -0.25) is 4.79 Å². The van der Waals surface area contributed by atoms with Crippen LogP contribution >= 0.6 is 0 Å². The quantitative estimate of drug-likeness (QED) is 0.567. The Morgan fingerprint density at radius 3 is 2.57 bits per heavy atom. The normalized spacial score (nSPS) is 12.5. The SMILES string of the molecule is CCCCC(=O)OCC(C)OCCC. The zero-order valence-electron chi connectivity index (χ0n) is 9.54. The molecule has 0 rings (SSSR count). The van der Waals surface area contributed by atoms with E-state index in [1.807, 2.05) is 6.92 Å². The van der Waals surface area contributed by atoms with Gasteiger partial charge in [-0.1, -0.05) is 20.3 Å². The van der Waals surface area contributed by atoms with Crippen molar-refractivity contribution in [2.45, 2.75) is 52.6 Å². The van der Waals surface area contributed by atoms with Gasteiger partial charge in [-0.25, -0.2) is 0 Å². The molecule has 0 radical (unpaired) electrons. The largest absolute Gasteiger partial charge is 0.463 e. The third-order valence-electron chi connectivity index (χ3n) is 1.82.